The van der Waals surface area contributed by atoms with Gasteiger partial charge in [0.1, 0.15) is 6.04 Å². The predicted molar refractivity (Wildman–Crippen MR) is 74.7 cm³/mol. The summed E-state index contributed by atoms with van der Waals surface area (Å²) in [5.41, 5.74) is 1.08. The van der Waals surface area contributed by atoms with Crippen LogP contribution < -0.4 is 5.32 Å². The Kier molecular flexibility index (Phi) is 6.38. The molecule has 0 aliphatic carbocycles. The minimum atomic E-state index is -0.970. The fourth-order valence-corrected chi connectivity index (χ4v) is 2.03. The normalized spacial score (nSPS) is 12.1. The van der Waals surface area contributed by atoms with E-state index in [1.807, 2.05) is 6.26 Å². The molecule has 1 aromatic rings. The number of carboxylic acids is 2. The summed E-state index contributed by atoms with van der Waals surface area (Å²) in [4.78, 5) is 21.7. The van der Waals surface area contributed by atoms with Crippen LogP contribution in [0.5, 0.6) is 0 Å². The zero-order chi connectivity index (χ0) is 14.3. The first-order valence-electron chi connectivity index (χ1n) is 5.82. The topological polar surface area (TPSA) is 86.6 Å². The Morgan fingerprint density at radius 1 is 1.26 bits per heavy atom. The fourth-order valence-electron chi connectivity index (χ4n) is 1.55. The van der Waals surface area contributed by atoms with Gasteiger partial charge in [0, 0.05) is 6.54 Å². The first kappa shape index (κ1) is 15.5. The molecule has 0 saturated carbocycles. The van der Waals surface area contributed by atoms with Crippen molar-refractivity contribution in [1.82, 2.24) is 5.32 Å². The summed E-state index contributed by atoms with van der Waals surface area (Å²) in [6.45, 7) is 0.408. The molecule has 1 rings (SSSR count). The minimum absolute atomic E-state index is 0.223. The van der Waals surface area contributed by atoms with Crippen LogP contribution in [-0.4, -0.2) is 40.2 Å². The second kappa shape index (κ2) is 7.81. The summed E-state index contributed by atoms with van der Waals surface area (Å²) in [6.07, 6.45) is 2.49. The van der Waals surface area contributed by atoms with Gasteiger partial charge in [-0.15, -0.1) is 0 Å². The third-order valence-corrected chi connectivity index (χ3v) is 3.31. The summed E-state index contributed by atoms with van der Waals surface area (Å²) in [6, 6.07) is 5.81. The van der Waals surface area contributed by atoms with Crippen LogP contribution in [0.15, 0.2) is 24.3 Å². The highest BCUT2D eigenvalue weighted by molar-refractivity contribution is 7.98. The molecular weight excluding hydrogens is 266 g/mol. The smallest absolute Gasteiger partial charge is 0.335 e. The molecule has 1 aromatic carbocycles. The van der Waals surface area contributed by atoms with Crippen LogP contribution >= 0.6 is 11.8 Å². The number of rotatable bonds is 8. The predicted octanol–water partition coefficient (Wildman–Crippen LogP) is 1.68. The van der Waals surface area contributed by atoms with Gasteiger partial charge in [0.05, 0.1) is 5.56 Å². The Bertz CT molecular complexity index is 433. The third kappa shape index (κ3) is 5.32. The Balaban J connectivity index is 2.54. The van der Waals surface area contributed by atoms with Crippen molar-refractivity contribution >= 4 is 23.7 Å². The second-order valence-electron chi connectivity index (χ2n) is 4.06. The van der Waals surface area contributed by atoms with Crippen LogP contribution in [-0.2, 0) is 11.3 Å². The van der Waals surface area contributed by atoms with Gasteiger partial charge >= 0.3 is 11.9 Å². The summed E-state index contributed by atoms with van der Waals surface area (Å²) in [5.74, 6) is -1.05. The molecule has 0 bridgehead atoms. The molecule has 0 radical (unpaired) electrons. The molecule has 1 atom stereocenters. The molecule has 0 amide bonds. The van der Waals surface area contributed by atoms with Gasteiger partial charge in [-0.3, -0.25) is 4.79 Å². The molecule has 0 unspecified atom stereocenters. The number of thioether (sulfide) groups is 1. The van der Waals surface area contributed by atoms with Crippen LogP contribution in [0.2, 0.25) is 0 Å². The standard InChI is InChI=1S/C13H17NO4S/c1-19-7-6-11(13(17)18)14-8-9-2-4-10(5-3-9)12(15)16/h2-5,11,14H,6-8H2,1H3,(H,15,16)(H,17,18)/t11-/m1/s1. The number of hydrogen-bond donors (Lipinski definition) is 3. The highest BCUT2D eigenvalue weighted by Gasteiger charge is 2.15. The second-order valence-corrected chi connectivity index (χ2v) is 5.04. The summed E-state index contributed by atoms with van der Waals surface area (Å²) in [5, 5.41) is 20.8. The number of hydrogen-bond acceptors (Lipinski definition) is 4. The SMILES string of the molecule is CSCC[C@@H](NCc1ccc(C(=O)O)cc1)C(=O)O. The van der Waals surface area contributed by atoms with E-state index in [-0.39, 0.29) is 5.56 Å². The molecular formula is C13H17NO4S. The van der Waals surface area contributed by atoms with Crippen molar-refractivity contribution in [2.75, 3.05) is 12.0 Å². The Morgan fingerprint density at radius 3 is 2.37 bits per heavy atom. The van der Waals surface area contributed by atoms with E-state index in [0.717, 1.165) is 11.3 Å². The van der Waals surface area contributed by atoms with Gasteiger partial charge < -0.3 is 15.5 Å². The van der Waals surface area contributed by atoms with Gasteiger partial charge in [0.25, 0.3) is 0 Å². The number of carbonyl (C=O) groups is 2. The van der Waals surface area contributed by atoms with Crippen molar-refractivity contribution in [3.8, 4) is 0 Å². The molecule has 0 heterocycles. The Hall–Kier alpha value is -1.53. The Morgan fingerprint density at radius 2 is 1.89 bits per heavy atom. The van der Waals surface area contributed by atoms with E-state index < -0.39 is 18.0 Å². The first-order chi connectivity index (χ1) is 9.04. The molecule has 6 heteroatoms. The van der Waals surface area contributed by atoms with Gasteiger partial charge in [0.2, 0.25) is 0 Å². The molecule has 104 valence electrons. The molecule has 0 saturated heterocycles. The van der Waals surface area contributed by atoms with Gasteiger partial charge in [-0.05, 0) is 36.1 Å². The highest BCUT2D eigenvalue weighted by atomic mass is 32.2. The maximum absolute atomic E-state index is 11.0. The largest absolute Gasteiger partial charge is 0.480 e. The maximum Gasteiger partial charge on any atom is 0.335 e. The van der Waals surface area contributed by atoms with Crippen LogP contribution in [0.3, 0.4) is 0 Å². The average molecular weight is 283 g/mol. The van der Waals surface area contributed by atoms with Crippen LogP contribution in [0.4, 0.5) is 0 Å². The lowest BCUT2D eigenvalue weighted by molar-refractivity contribution is -0.139. The molecule has 0 aliphatic rings. The van der Waals surface area contributed by atoms with Gasteiger partial charge in [0.15, 0.2) is 0 Å². The molecule has 0 fully saturated rings. The van der Waals surface area contributed by atoms with Crippen LogP contribution in [0.25, 0.3) is 0 Å². The van der Waals surface area contributed by atoms with E-state index in [0.29, 0.717) is 13.0 Å². The van der Waals surface area contributed by atoms with Gasteiger partial charge in [-0.25, -0.2) is 4.79 Å². The van der Waals surface area contributed by atoms with Crippen LogP contribution in [0, 0.1) is 0 Å². The molecule has 3 N–H and O–H groups in total. The van der Waals surface area contributed by atoms with Crippen molar-refractivity contribution < 1.29 is 19.8 Å². The third-order valence-electron chi connectivity index (χ3n) is 2.66. The summed E-state index contributed by atoms with van der Waals surface area (Å²) in [7, 11) is 0. The van der Waals surface area contributed by atoms with Crippen molar-refractivity contribution in [3.05, 3.63) is 35.4 Å². The number of aromatic carboxylic acids is 1. The maximum atomic E-state index is 11.0. The lowest BCUT2D eigenvalue weighted by Crippen LogP contribution is -2.36. The number of carboxylic acid groups (broad SMARTS) is 2. The van der Waals surface area contributed by atoms with Crippen molar-refractivity contribution in [3.63, 3.8) is 0 Å². The highest BCUT2D eigenvalue weighted by Crippen LogP contribution is 2.06. The average Bonchev–Trinajstić information content (AvgIpc) is 2.39. The number of aliphatic carboxylic acids is 1. The molecule has 5 nitrogen and oxygen atoms in total. The molecule has 19 heavy (non-hydrogen) atoms. The van der Waals surface area contributed by atoms with Crippen LogP contribution in [0.1, 0.15) is 22.3 Å². The van der Waals surface area contributed by atoms with E-state index in [1.165, 1.54) is 12.1 Å². The van der Waals surface area contributed by atoms with E-state index in [9.17, 15) is 9.59 Å². The van der Waals surface area contributed by atoms with E-state index in [2.05, 4.69) is 5.32 Å². The number of benzene rings is 1. The minimum Gasteiger partial charge on any atom is -0.480 e. The van der Waals surface area contributed by atoms with Gasteiger partial charge in [-0.1, -0.05) is 12.1 Å². The quantitative estimate of drug-likeness (QED) is 0.673. The van der Waals surface area contributed by atoms with E-state index in [1.54, 1.807) is 23.9 Å². The van der Waals surface area contributed by atoms with E-state index >= 15 is 0 Å². The summed E-state index contributed by atoms with van der Waals surface area (Å²) >= 11 is 1.61. The fraction of sp³-hybridized carbons (Fsp3) is 0.385. The molecule has 0 aliphatic heterocycles. The van der Waals surface area contributed by atoms with E-state index in [4.69, 9.17) is 10.2 Å². The number of nitrogens with one attached hydrogen (secondary N) is 1. The Labute approximate surface area is 116 Å². The van der Waals surface area contributed by atoms with Gasteiger partial charge in [-0.2, -0.15) is 11.8 Å². The van der Waals surface area contributed by atoms with Crippen molar-refractivity contribution in [2.45, 2.75) is 19.0 Å². The molecule has 0 spiro atoms. The zero-order valence-corrected chi connectivity index (χ0v) is 11.4. The molecule has 0 aromatic heterocycles. The summed E-state index contributed by atoms with van der Waals surface area (Å²) < 4.78 is 0. The first-order valence-corrected chi connectivity index (χ1v) is 7.21. The zero-order valence-electron chi connectivity index (χ0n) is 10.6. The lowest BCUT2D eigenvalue weighted by Gasteiger charge is -2.13. The van der Waals surface area contributed by atoms with Crippen molar-refractivity contribution in [1.29, 1.82) is 0 Å². The monoisotopic (exact) mass is 283 g/mol. The lowest BCUT2D eigenvalue weighted by atomic mass is 10.1. The van der Waals surface area contributed by atoms with Crippen molar-refractivity contribution in [2.24, 2.45) is 0 Å².